The lowest BCUT2D eigenvalue weighted by atomic mass is 11.8. The van der Waals surface area contributed by atoms with Gasteiger partial charge in [0.05, 0.1) is 0 Å². The molecular formula is C12H44O7Si3. The average molecular weight is 385 g/mol. The third kappa shape index (κ3) is 16.7. The van der Waals surface area contributed by atoms with E-state index in [0.29, 0.717) is 0 Å². The Labute approximate surface area is 143 Å². The fraction of sp³-hybridized carbons (Fsp3) is 1.00. The predicted molar refractivity (Wildman–Crippen MR) is 103 cm³/mol. The SMILES string of the molecule is C.C.C.C.C.C.CO[Si](C)(O)O[Si](C)(C)O[Si](O)(OC)OC. The summed E-state index contributed by atoms with van der Waals surface area (Å²) in [6.45, 7) is 4.78. The molecule has 0 bridgehead atoms. The molecule has 22 heavy (non-hydrogen) atoms. The van der Waals surface area contributed by atoms with Crippen LogP contribution in [0.3, 0.4) is 0 Å². The molecule has 0 radical (unpaired) electrons. The Bertz CT molecular complexity index is 225. The molecule has 7 nitrogen and oxygen atoms in total. The van der Waals surface area contributed by atoms with E-state index in [-0.39, 0.29) is 44.6 Å². The van der Waals surface area contributed by atoms with Gasteiger partial charge in [0.25, 0.3) is 0 Å². The lowest BCUT2D eigenvalue weighted by molar-refractivity contribution is 0.0574. The van der Waals surface area contributed by atoms with Gasteiger partial charge in [-0.2, -0.15) is 0 Å². The van der Waals surface area contributed by atoms with Crippen molar-refractivity contribution in [1.29, 1.82) is 0 Å². The molecule has 2 N–H and O–H groups in total. The highest BCUT2D eigenvalue weighted by molar-refractivity contribution is 6.80. The van der Waals surface area contributed by atoms with Crippen LogP contribution >= 0.6 is 0 Å². The second kappa shape index (κ2) is 16.2. The monoisotopic (exact) mass is 384 g/mol. The minimum absolute atomic E-state index is 0. The number of hydrogen-bond acceptors (Lipinski definition) is 7. The second-order valence-electron chi connectivity index (χ2n) is 3.64. The zero-order valence-electron chi connectivity index (χ0n) is 10.4. The Morgan fingerprint density at radius 1 is 0.591 bits per heavy atom. The van der Waals surface area contributed by atoms with Crippen LogP contribution in [0.4, 0.5) is 0 Å². The molecule has 1 atom stereocenters. The van der Waals surface area contributed by atoms with Crippen molar-refractivity contribution in [3.05, 3.63) is 0 Å². The highest BCUT2D eigenvalue weighted by atomic mass is 28.5. The molecule has 146 valence electrons. The molecular weight excluding hydrogens is 340 g/mol. The first kappa shape index (κ1) is 43.2. The predicted octanol–water partition coefficient (Wildman–Crippen LogP) is 3.47. The van der Waals surface area contributed by atoms with Crippen molar-refractivity contribution >= 4 is 26.4 Å². The summed E-state index contributed by atoms with van der Waals surface area (Å²) in [7, 11) is -5.72. The average Bonchev–Trinajstić information content (AvgIpc) is 2.15. The number of rotatable bonds is 7. The topological polar surface area (TPSA) is 86.6 Å². The summed E-state index contributed by atoms with van der Waals surface area (Å²) in [6.07, 6.45) is 0. The van der Waals surface area contributed by atoms with Gasteiger partial charge in [-0.25, -0.2) is 0 Å². The second-order valence-corrected chi connectivity index (χ2v) is 12.1. The van der Waals surface area contributed by atoms with Gasteiger partial charge >= 0.3 is 26.4 Å². The molecule has 0 saturated heterocycles. The fourth-order valence-electron chi connectivity index (χ4n) is 0.996. The Morgan fingerprint density at radius 3 is 1.14 bits per heavy atom. The first-order chi connectivity index (χ1) is 7.10. The third-order valence-corrected chi connectivity index (χ3v) is 9.97. The summed E-state index contributed by atoms with van der Waals surface area (Å²) < 4.78 is 25.1. The van der Waals surface area contributed by atoms with Gasteiger partial charge in [0.1, 0.15) is 0 Å². The van der Waals surface area contributed by atoms with Crippen molar-refractivity contribution in [2.75, 3.05) is 21.3 Å². The minimum Gasteiger partial charge on any atom is -0.394 e. The van der Waals surface area contributed by atoms with E-state index in [1.165, 1.54) is 27.9 Å². The molecule has 0 fully saturated rings. The van der Waals surface area contributed by atoms with Gasteiger partial charge in [0, 0.05) is 27.9 Å². The van der Waals surface area contributed by atoms with E-state index in [1.807, 2.05) is 0 Å². The van der Waals surface area contributed by atoms with Crippen LogP contribution in [-0.2, 0) is 21.5 Å². The maximum Gasteiger partial charge on any atom is 0.667 e. The lowest BCUT2D eigenvalue weighted by Gasteiger charge is -2.33. The summed E-state index contributed by atoms with van der Waals surface area (Å²) in [5, 5.41) is 0. The Balaban J connectivity index is -0.0000000750. The third-order valence-electron chi connectivity index (χ3n) is 1.70. The Morgan fingerprint density at radius 2 is 0.909 bits per heavy atom. The van der Waals surface area contributed by atoms with Crippen LogP contribution in [0.25, 0.3) is 0 Å². The van der Waals surface area contributed by atoms with Gasteiger partial charge in [-0.1, -0.05) is 44.6 Å². The van der Waals surface area contributed by atoms with Crippen molar-refractivity contribution in [1.82, 2.24) is 0 Å². The van der Waals surface area contributed by atoms with Crippen LogP contribution in [0.5, 0.6) is 0 Å². The van der Waals surface area contributed by atoms with E-state index in [0.717, 1.165) is 0 Å². The lowest BCUT2D eigenvalue weighted by Crippen LogP contribution is -2.58. The highest BCUT2D eigenvalue weighted by Crippen LogP contribution is 2.18. The molecule has 10 heteroatoms. The van der Waals surface area contributed by atoms with E-state index < -0.39 is 26.4 Å². The first-order valence-electron chi connectivity index (χ1n) is 4.60. The molecule has 0 amide bonds. The summed E-state index contributed by atoms with van der Waals surface area (Å²) in [4.78, 5) is 19.5. The Kier molecular flexibility index (Phi) is 31.9. The molecule has 0 aliphatic carbocycles. The number of hydrogen-bond donors (Lipinski definition) is 2. The molecule has 0 aromatic carbocycles. The summed E-state index contributed by atoms with van der Waals surface area (Å²) in [5.41, 5.74) is 0. The Hall–Kier alpha value is 0.371. The molecule has 0 spiro atoms. The first-order valence-corrected chi connectivity index (χ1v) is 11.4. The van der Waals surface area contributed by atoms with E-state index >= 15 is 0 Å². The van der Waals surface area contributed by atoms with Gasteiger partial charge in [-0.3, -0.25) is 0 Å². The molecule has 0 saturated carbocycles. The van der Waals surface area contributed by atoms with Crippen LogP contribution < -0.4 is 0 Å². The van der Waals surface area contributed by atoms with E-state index in [2.05, 4.69) is 0 Å². The van der Waals surface area contributed by atoms with Gasteiger partial charge in [0.15, 0.2) is 0 Å². The zero-order chi connectivity index (χ0) is 13.0. The smallest absolute Gasteiger partial charge is 0.394 e. The van der Waals surface area contributed by atoms with Crippen LogP contribution in [-0.4, -0.2) is 57.3 Å². The van der Waals surface area contributed by atoms with Crippen LogP contribution in [0.2, 0.25) is 19.6 Å². The van der Waals surface area contributed by atoms with Gasteiger partial charge in [-0.15, -0.1) is 0 Å². The summed E-state index contributed by atoms with van der Waals surface area (Å²) >= 11 is 0. The molecule has 0 aliphatic rings. The quantitative estimate of drug-likeness (QED) is 0.650. The normalized spacial score (nSPS) is 12.5. The molecule has 0 aliphatic heterocycles. The van der Waals surface area contributed by atoms with Crippen LogP contribution in [0.1, 0.15) is 44.6 Å². The maximum absolute atomic E-state index is 9.75. The standard InChI is InChI=1S/C6H20O7Si3.6CH4/c1-9-15(6,7)12-14(4,5)13-16(8,10-2)11-3;;;;;;/h7-8H,1-6H3;6*1H4. The summed E-state index contributed by atoms with van der Waals surface area (Å²) in [6, 6.07) is 0. The van der Waals surface area contributed by atoms with Crippen molar-refractivity contribution in [2.24, 2.45) is 0 Å². The van der Waals surface area contributed by atoms with Gasteiger partial charge < -0.3 is 31.1 Å². The minimum atomic E-state index is -3.65. The van der Waals surface area contributed by atoms with E-state index in [1.54, 1.807) is 13.1 Å². The summed E-state index contributed by atoms with van der Waals surface area (Å²) in [5.74, 6) is 0. The largest absolute Gasteiger partial charge is 0.667 e. The molecule has 0 aromatic rings. The van der Waals surface area contributed by atoms with Gasteiger partial charge in [-0.05, 0) is 13.1 Å². The van der Waals surface area contributed by atoms with Crippen LogP contribution in [0.15, 0.2) is 0 Å². The van der Waals surface area contributed by atoms with Crippen LogP contribution in [0, 0.1) is 0 Å². The van der Waals surface area contributed by atoms with Crippen molar-refractivity contribution in [3.8, 4) is 0 Å². The van der Waals surface area contributed by atoms with Gasteiger partial charge in [0.2, 0.25) is 0 Å². The highest BCUT2D eigenvalue weighted by Gasteiger charge is 2.49. The zero-order valence-corrected chi connectivity index (χ0v) is 13.4. The van der Waals surface area contributed by atoms with Crippen molar-refractivity contribution in [3.63, 3.8) is 0 Å². The molecule has 0 heterocycles. The molecule has 1 unspecified atom stereocenters. The van der Waals surface area contributed by atoms with Crippen molar-refractivity contribution in [2.45, 2.75) is 64.2 Å². The molecule has 0 aromatic heterocycles. The maximum atomic E-state index is 9.75. The van der Waals surface area contributed by atoms with E-state index in [4.69, 9.17) is 21.5 Å². The van der Waals surface area contributed by atoms with E-state index in [9.17, 15) is 9.59 Å². The fourth-order valence-corrected chi connectivity index (χ4v) is 8.84. The molecule has 0 rings (SSSR count). The van der Waals surface area contributed by atoms with Crippen molar-refractivity contribution < 1.29 is 31.1 Å².